The fraction of sp³-hybridized carbons (Fsp3) is 0.286. The molecule has 15 heavy (non-hydrogen) atoms. The first-order valence-electron chi connectivity index (χ1n) is 3.61. The van der Waals surface area contributed by atoms with Gasteiger partial charge in [0, 0.05) is 6.20 Å². The van der Waals surface area contributed by atoms with Crippen molar-refractivity contribution in [2.45, 2.75) is 12.6 Å². The van der Waals surface area contributed by atoms with Gasteiger partial charge in [0.15, 0.2) is 0 Å². The SMILES string of the molecule is Nc1[nH]cc(C(F)F)c(=O)c1C(F)(F)F. The Morgan fingerprint density at radius 1 is 1.33 bits per heavy atom. The fourth-order valence-electron chi connectivity index (χ4n) is 1.00. The van der Waals surface area contributed by atoms with Crippen molar-refractivity contribution in [2.75, 3.05) is 5.73 Å². The van der Waals surface area contributed by atoms with E-state index in [0.29, 0.717) is 6.20 Å². The third-order valence-corrected chi connectivity index (χ3v) is 1.66. The fourth-order valence-corrected chi connectivity index (χ4v) is 1.00. The lowest BCUT2D eigenvalue weighted by molar-refractivity contribution is -0.138. The molecule has 0 amide bonds. The zero-order chi connectivity index (χ0) is 11.8. The van der Waals surface area contributed by atoms with Gasteiger partial charge in [-0.05, 0) is 0 Å². The van der Waals surface area contributed by atoms with Gasteiger partial charge in [0.25, 0.3) is 6.43 Å². The summed E-state index contributed by atoms with van der Waals surface area (Å²) in [5.41, 5.74) is 0.0140. The van der Waals surface area contributed by atoms with Crippen LogP contribution < -0.4 is 11.2 Å². The van der Waals surface area contributed by atoms with E-state index in [1.165, 1.54) is 0 Å². The zero-order valence-corrected chi connectivity index (χ0v) is 7.03. The summed E-state index contributed by atoms with van der Waals surface area (Å²) in [5, 5.41) is 0. The lowest BCUT2D eigenvalue weighted by Crippen LogP contribution is -2.25. The highest BCUT2D eigenvalue weighted by Gasteiger charge is 2.38. The van der Waals surface area contributed by atoms with Crippen LogP contribution in [0.1, 0.15) is 17.6 Å². The minimum atomic E-state index is -5.05. The molecule has 1 aromatic rings. The van der Waals surface area contributed by atoms with Crippen molar-refractivity contribution in [3.05, 3.63) is 27.5 Å². The van der Waals surface area contributed by atoms with E-state index in [1.54, 1.807) is 4.98 Å². The number of pyridine rings is 1. The maximum atomic E-state index is 12.2. The van der Waals surface area contributed by atoms with Crippen molar-refractivity contribution in [3.8, 4) is 0 Å². The van der Waals surface area contributed by atoms with Gasteiger partial charge in [-0.2, -0.15) is 13.2 Å². The van der Waals surface area contributed by atoms with E-state index in [2.05, 4.69) is 0 Å². The number of nitrogen functional groups attached to an aromatic ring is 1. The Kier molecular flexibility index (Phi) is 2.69. The first-order chi connectivity index (χ1) is 6.75. The normalized spacial score (nSPS) is 12.1. The van der Waals surface area contributed by atoms with E-state index in [-0.39, 0.29) is 0 Å². The van der Waals surface area contributed by atoms with Crippen LogP contribution >= 0.6 is 0 Å². The molecule has 0 aliphatic carbocycles. The number of halogens is 5. The van der Waals surface area contributed by atoms with Gasteiger partial charge in [0.1, 0.15) is 11.4 Å². The largest absolute Gasteiger partial charge is 0.423 e. The van der Waals surface area contributed by atoms with Crippen LogP contribution in [-0.2, 0) is 6.18 Å². The molecule has 0 aliphatic rings. The summed E-state index contributed by atoms with van der Waals surface area (Å²) < 4.78 is 60.8. The Morgan fingerprint density at radius 2 is 1.87 bits per heavy atom. The van der Waals surface area contributed by atoms with Gasteiger partial charge in [-0.25, -0.2) is 8.78 Å². The van der Waals surface area contributed by atoms with Gasteiger partial charge in [0.05, 0.1) is 5.56 Å². The molecule has 1 rings (SSSR count). The number of hydrogen-bond acceptors (Lipinski definition) is 2. The minimum Gasteiger partial charge on any atom is -0.385 e. The Balaban J connectivity index is 3.52. The van der Waals surface area contributed by atoms with Crippen molar-refractivity contribution >= 4 is 5.82 Å². The summed E-state index contributed by atoms with van der Waals surface area (Å²) in [7, 11) is 0. The van der Waals surface area contributed by atoms with Crippen LogP contribution in [0.3, 0.4) is 0 Å². The van der Waals surface area contributed by atoms with E-state index < -0.39 is 35.0 Å². The second kappa shape index (κ2) is 3.52. The Bertz CT molecular complexity index is 422. The number of aromatic amines is 1. The maximum absolute atomic E-state index is 12.2. The van der Waals surface area contributed by atoms with Crippen molar-refractivity contribution in [3.63, 3.8) is 0 Å². The number of nitrogens with two attached hydrogens (primary N) is 1. The molecule has 84 valence electrons. The van der Waals surface area contributed by atoms with Crippen molar-refractivity contribution < 1.29 is 22.0 Å². The maximum Gasteiger partial charge on any atom is 0.423 e. The zero-order valence-electron chi connectivity index (χ0n) is 7.03. The molecule has 0 unspecified atom stereocenters. The third kappa shape index (κ3) is 2.08. The molecule has 0 aliphatic heterocycles. The molecular formula is C7H5F5N2O. The topological polar surface area (TPSA) is 58.9 Å². The predicted octanol–water partition coefficient (Wildman–Crippen LogP) is 1.91. The summed E-state index contributed by atoms with van der Waals surface area (Å²) in [4.78, 5) is 12.8. The van der Waals surface area contributed by atoms with Crippen LogP contribution in [0.5, 0.6) is 0 Å². The van der Waals surface area contributed by atoms with E-state index in [4.69, 9.17) is 5.73 Å². The number of hydrogen-bond donors (Lipinski definition) is 2. The molecule has 0 bridgehead atoms. The van der Waals surface area contributed by atoms with Crippen LogP contribution in [0.2, 0.25) is 0 Å². The summed E-state index contributed by atoms with van der Waals surface area (Å²) in [6, 6.07) is 0. The average molecular weight is 228 g/mol. The molecule has 0 spiro atoms. The van der Waals surface area contributed by atoms with Crippen molar-refractivity contribution in [1.29, 1.82) is 0 Å². The van der Waals surface area contributed by atoms with Gasteiger partial charge >= 0.3 is 6.18 Å². The Morgan fingerprint density at radius 3 is 2.27 bits per heavy atom. The van der Waals surface area contributed by atoms with Crippen molar-refractivity contribution in [2.24, 2.45) is 0 Å². The molecule has 0 fully saturated rings. The van der Waals surface area contributed by atoms with Gasteiger partial charge < -0.3 is 10.7 Å². The Labute approximate surface area is 79.7 Å². The number of rotatable bonds is 1. The van der Waals surface area contributed by atoms with E-state index >= 15 is 0 Å². The molecule has 0 saturated carbocycles. The second-order valence-electron chi connectivity index (χ2n) is 2.66. The number of aromatic nitrogens is 1. The first kappa shape index (κ1) is 11.5. The van der Waals surface area contributed by atoms with Gasteiger partial charge in [-0.1, -0.05) is 0 Å². The number of anilines is 1. The molecule has 0 atom stereocenters. The molecular weight excluding hydrogens is 223 g/mol. The van der Waals surface area contributed by atoms with Crippen LogP contribution in [-0.4, -0.2) is 4.98 Å². The monoisotopic (exact) mass is 228 g/mol. The highest BCUT2D eigenvalue weighted by molar-refractivity contribution is 5.43. The quantitative estimate of drug-likeness (QED) is 0.721. The van der Waals surface area contributed by atoms with Gasteiger partial charge in [-0.15, -0.1) is 0 Å². The number of alkyl halides is 5. The standard InChI is InChI=1S/C7H5F5N2O/c8-5(9)2-1-14-6(13)3(4(2)15)7(10,11)12/h1,5H,(H3,13,14,15). The average Bonchev–Trinajstić information content (AvgIpc) is 2.00. The van der Waals surface area contributed by atoms with Crippen LogP contribution in [0.4, 0.5) is 27.8 Å². The molecule has 0 aromatic carbocycles. The Hall–Kier alpha value is -1.60. The summed E-state index contributed by atoms with van der Waals surface area (Å²) in [5.74, 6) is -0.975. The summed E-state index contributed by atoms with van der Waals surface area (Å²) in [6.07, 6.45) is -7.87. The molecule has 1 aromatic heterocycles. The molecule has 1 heterocycles. The number of H-pyrrole nitrogens is 1. The molecule has 0 radical (unpaired) electrons. The van der Waals surface area contributed by atoms with E-state index in [9.17, 15) is 26.7 Å². The summed E-state index contributed by atoms with van der Waals surface area (Å²) >= 11 is 0. The second-order valence-corrected chi connectivity index (χ2v) is 2.66. The molecule has 8 heteroatoms. The predicted molar refractivity (Wildman–Crippen MR) is 41.4 cm³/mol. The smallest absolute Gasteiger partial charge is 0.385 e. The highest BCUT2D eigenvalue weighted by Crippen LogP contribution is 2.31. The van der Waals surface area contributed by atoms with Crippen LogP contribution in [0.15, 0.2) is 11.0 Å². The minimum absolute atomic E-state index is 0.470. The molecule has 0 saturated heterocycles. The lowest BCUT2D eigenvalue weighted by atomic mass is 10.1. The van der Waals surface area contributed by atoms with Gasteiger partial charge in [-0.3, -0.25) is 4.79 Å². The van der Waals surface area contributed by atoms with Gasteiger partial charge in [0.2, 0.25) is 5.43 Å². The first-order valence-corrected chi connectivity index (χ1v) is 3.61. The third-order valence-electron chi connectivity index (χ3n) is 1.66. The number of nitrogens with one attached hydrogen (secondary N) is 1. The van der Waals surface area contributed by atoms with E-state index in [1.807, 2.05) is 0 Å². The van der Waals surface area contributed by atoms with Crippen molar-refractivity contribution in [1.82, 2.24) is 4.98 Å². The van der Waals surface area contributed by atoms with Crippen LogP contribution in [0, 0.1) is 0 Å². The molecule has 3 nitrogen and oxygen atoms in total. The molecule has 3 N–H and O–H groups in total. The van der Waals surface area contributed by atoms with E-state index in [0.717, 1.165) is 0 Å². The highest BCUT2D eigenvalue weighted by atomic mass is 19.4. The lowest BCUT2D eigenvalue weighted by Gasteiger charge is -2.10. The van der Waals surface area contributed by atoms with Crippen LogP contribution in [0.25, 0.3) is 0 Å². The summed E-state index contributed by atoms with van der Waals surface area (Å²) in [6.45, 7) is 0.